The van der Waals surface area contributed by atoms with Crippen molar-refractivity contribution >= 4 is 22.5 Å². The highest BCUT2D eigenvalue weighted by molar-refractivity contribution is 7.18. The summed E-state index contributed by atoms with van der Waals surface area (Å²) in [4.78, 5) is 14.3. The highest BCUT2D eigenvalue weighted by atomic mass is 32.1. The van der Waals surface area contributed by atoms with Gasteiger partial charge in [-0.3, -0.25) is 5.32 Å². The third kappa shape index (κ3) is 4.05. The molecule has 0 bridgehead atoms. The summed E-state index contributed by atoms with van der Waals surface area (Å²) in [6, 6.07) is 9.73. The lowest BCUT2D eigenvalue weighted by molar-refractivity contribution is 0.201. The first-order chi connectivity index (χ1) is 11.0. The smallest absolute Gasteiger partial charge is 0.323 e. The molecule has 0 saturated carbocycles. The van der Waals surface area contributed by atoms with Crippen molar-refractivity contribution in [2.45, 2.75) is 25.8 Å². The Labute approximate surface area is 139 Å². The molecule has 2 aromatic rings. The molecule has 0 spiro atoms. The minimum atomic E-state index is -0.113. The first-order valence-corrected chi connectivity index (χ1v) is 8.55. The van der Waals surface area contributed by atoms with Crippen molar-refractivity contribution in [2.24, 2.45) is 0 Å². The predicted molar refractivity (Wildman–Crippen MR) is 92.6 cm³/mol. The maximum Gasteiger partial charge on any atom is 0.323 e. The summed E-state index contributed by atoms with van der Waals surface area (Å²) in [7, 11) is 0. The van der Waals surface area contributed by atoms with Crippen LogP contribution in [0.1, 0.15) is 20.3 Å². The van der Waals surface area contributed by atoms with Gasteiger partial charge in [-0.2, -0.15) is 0 Å². The monoisotopic (exact) mass is 331 g/mol. The lowest BCUT2D eigenvalue weighted by Crippen LogP contribution is -2.48. The van der Waals surface area contributed by atoms with Crippen LogP contribution in [0.5, 0.6) is 0 Å². The van der Waals surface area contributed by atoms with Crippen LogP contribution in [0.4, 0.5) is 9.93 Å². The number of nitrogens with one attached hydrogen (secondary N) is 2. The van der Waals surface area contributed by atoms with Gasteiger partial charge in [-0.15, -0.1) is 10.2 Å². The van der Waals surface area contributed by atoms with Gasteiger partial charge in [0.1, 0.15) is 5.01 Å². The minimum Gasteiger partial charge on any atom is -0.323 e. The number of hydrogen-bond acceptors (Lipinski definition) is 5. The van der Waals surface area contributed by atoms with Gasteiger partial charge in [0, 0.05) is 24.2 Å². The van der Waals surface area contributed by atoms with Gasteiger partial charge < -0.3 is 10.2 Å². The molecule has 2 amide bonds. The lowest BCUT2D eigenvalue weighted by Gasteiger charge is -2.29. The summed E-state index contributed by atoms with van der Waals surface area (Å²) in [5.74, 6) is 0. The minimum absolute atomic E-state index is 0.0792. The number of rotatable bonds is 2. The first-order valence-electron chi connectivity index (χ1n) is 7.73. The van der Waals surface area contributed by atoms with Gasteiger partial charge in [-0.1, -0.05) is 41.7 Å². The molecule has 2 N–H and O–H groups in total. The molecule has 1 aromatic carbocycles. The van der Waals surface area contributed by atoms with E-state index in [4.69, 9.17) is 0 Å². The summed E-state index contributed by atoms with van der Waals surface area (Å²) in [5.41, 5.74) is 0.926. The Morgan fingerprint density at radius 3 is 2.87 bits per heavy atom. The Balaban J connectivity index is 1.67. The van der Waals surface area contributed by atoms with Gasteiger partial charge in [0.25, 0.3) is 0 Å². The first kappa shape index (κ1) is 15.9. The van der Waals surface area contributed by atoms with E-state index < -0.39 is 0 Å². The fourth-order valence-electron chi connectivity index (χ4n) is 2.62. The van der Waals surface area contributed by atoms with E-state index in [1.54, 1.807) is 0 Å². The molecular formula is C16H21N5OS. The van der Waals surface area contributed by atoms with Gasteiger partial charge in [0.2, 0.25) is 5.13 Å². The Bertz CT molecular complexity index is 670. The quantitative estimate of drug-likeness (QED) is 0.888. The average Bonchev–Trinajstić information content (AvgIpc) is 2.91. The molecule has 7 heteroatoms. The molecule has 23 heavy (non-hydrogen) atoms. The Hall–Kier alpha value is -1.99. The van der Waals surface area contributed by atoms with E-state index >= 15 is 0 Å². The summed E-state index contributed by atoms with van der Waals surface area (Å²) in [5, 5.41) is 15.9. The fraction of sp³-hybridized carbons (Fsp3) is 0.438. The molecular weight excluding hydrogens is 310 g/mol. The molecule has 1 aliphatic rings. The molecule has 1 fully saturated rings. The van der Waals surface area contributed by atoms with Crippen molar-refractivity contribution in [2.75, 3.05) is 25.0 Å². The SMILES string of the molecule is CC1(C)CN(C(=O)Nc2nnc(-c3ccccc3)s2)CCCN1. The van der Waals surface area contributed by atoms with Crippen molar-refractivity contribution in [1.82, 2.24) is 20.4 Å². The van der Waals surface area contributed by atoms with E-state index in [-0.39, 0.29) is 11.6 Å². The van der Waals surface area contributed by atoms with Crippen molar-refractivity contribution in [3.8, 4) is 10.6 Å². The van der Waals surface area contributed by atoms with Crippen molar-refractivity contribution in [3.63, 3.8) is 0 Å². The predicted octanol–water partition coefficient (Wildman–Crippen LogP) is 2.81. The maximum absolute atomic E-state index is 12.5. The Morgan fingerprint density at radius 2 is 2.09 bits per heavy atom. The van der Waals surface area contributed by atoms with Crippen LogP contribution in [-0.2, 0) is 0 Å². The van der Waals surface area contributed by atoms with Crippen LogP contribution in [0.25, 0.3) is 10.6 Å². The third-order valence-corrected chi connectivity index (χ3v) is 4.63. The molecule has 6 nitrogen and oxygen atoms in total. The van der Waals surface area contributed by atoms with Crippen molar-refractivity contribution in [1.29, 1.82) is 0 Å². The number of carbonyl (C=O) groups excluding carboxylic acids is 1. The third-order valence-electron chi connectivity index (χ3n) is 3.74. The number of anilines is 1. The standard InChI is InChI=1S/C16H21N5OS/c1-16(2)11-21(10-6-9-17-16)15(22)18-14-20-19-13(23-14)12-7-4-3-5-8-12/h3-5,7-8,17H,6,9-11H2,1-2H3,(H,18,20,22). The van der Waals surface area contributed by atoms with Crippen LogP contribution in [0, 0.1) is 0 Å². The topological polar surface area (TPSA) is 70.2 Å². The van der Waals surface area contributed by atoms with E-state index in [2.05, 4.69) is 34.7 Å². The van der Waals surface area contributed by atoms with Crippen LogP contribution in [0.15, 0.2) is 30.3 Å². The molecule has 1 aromatic heterocycles. The second-order valence-corrected chi connectivity index (χ2v) is 7.27. The highest BCUT2D eigenvalue weighted by Crippen LogP contribution is 2.26. The Morgan fingerprint density at radius 1 is 1.30 bits per heavy atom. The van der Waals surface area contributed by atoms with Crippen LogP contribution in [0.3, 0.4) is 0 Å². The number of benzene rings is 1. The molecule has 0 aliphatic carbocycles. The summed E-state index contributed by atoms with van der Waals surface area (Å²) in [6.07, 6.45) is 0.947. The lowest BCUT2D eigenvalue weighted by atomic mass is 10.1. The van der Waals surface area contributed by atoms with E-state index in [9.17, 15) is 4.79 Å². The highest BCUT2D eigenvalue weighted by Gasteiger charge is 2.27. The number of hydrogen-bond donors (Lipinski definition) is 2. The molecule has 1 saturated heterocycles. The Kier molecular flexibility index (Phi) is 4.58. The van der Waals surface area contributed by atoms with Gasteiger partial charge in [-0.25, -0.2) is 4.79 Å². The molecule has 0 atom stereocenters. The summed E-state index contributed by atoms with van der Waals surface area (Å²) >= 11 is 1.39. The number of aromatic nitrogens is 2. The second kappa shape index (κ2) is 6.64. The van der Waals surface area contributed by atoms with Crippen LogP contribution in [0.2, 0.25) is 0 Å². The van der Waals surface area contributed by atoms with Crippen LogP contribution < -0.4 is 10.6 Å². The van der Waals surface area contributed by atoms with E-state index in [0.29, 0.717) is 11.7 Å². The molecule has 0 unspecified atom stereocenters. The number of carbonyl (C=O) groups is 1. The number of nitrogens with zero attached hydrogens (tertiary/aromatic N) is 3. The van der Waals surface area contributed by atoms with Gasteiger partial charge in [0.05, 0.1) is 0 Å². The summed E-state index contributed by atoms with van der Waals surface area (Å²) < 4.78 is 0. The van der Waals surface area contributed by atoms with Gasteiger partial charge >= 0.3 is 6.03 Å². The zero-order chi connectivity index (χ0) is 16.3. The zero-order valence-corrected chi connectivity index (χ0v) is 14.2. The number of urea groups is 1. The average molecular weight is 331 g/mol. The van der Waals surface area contributed by atoms with Crippen molar-refractivity contribution < 1.29 is 4.79 Å². The van der Waals surface area contributed by atoms with E-state index in [0.717, 1.165) is 30.1 Å². The summed E-state index contributed by atoms with van der Waals surface area (Å²) in [6.45, 7) is 6.55. The zero-order valence-electron chi connectivity index (χ0n) is 13.4. The van der Waals surface area contributed by atoms with E-state index in [1.807, 2.05) is 35.2 Å². The van der Waals surface area contributed by atoms with E-state index in [1.165, 1.54) is 11.3 Å². The molecule has 122 valence electrons. The van der Waals surface area contributed by atoms with Gasteiger partial charge in [0.15, 0.2) is 0 Å². The maximum atomic E-state index is 12.5. The number of amides is 2. The molecule has 3 rings (SSSR count). The largest absolute Gasteiger partial charge is 0.323 e. The second-order valence-electron chi connectivity index (χ2n) is 6.29. The molecule has 2 heterocycles. The molecule has 1 aliphatic heterocycles. The van der Waals surface area contributed by atoms with Crippen LogP contribution >= 0.6 is 11.3 Å². The fourth-order valence-corrected chi connectivity index (χ4v) is 3.36. The normalized spacial score (nSPS) is 17.6. The van der Waals surface area contributed by atoms with Gasteiger partial charge in [-0.05, 0) is 26.8 Å². The van der Waals surface area contributed by atoms with Crippen LogP contribution in [-0.4, -0.2) is 46.3 Å². The van der Waals surface area contributed by atoms with Crippen molar-refractivity contribution in [3.05, 3.63) is 30.3 Å². The molecule has 0 radical (unpaired) electrons.